The number of nitrogens with zero attached hydrogens (tertiary/aromatic N) is 2. The summed E-state index contributed by atoms with van der Waals surface area (Å²) in [7, 11) is 0. The van der Waals surface area contributed by atoms with E-state index < -0.39 is 0 Å². The molecule has 2 fully saturated rings. The van der Waals surface area contributed by atoms with Crippen molar-refractivity contribution in [1.29, 1.82) is 0 Å². The Morgan fingerprint density at radius 2 is 1.71 bits per heavy atom. The first-order chi connectivity index (χ1) is 10.1. The van der Waals surface area contributed by atoms with Crippen molar-refractivity contribution in [2.45, 2.75) is 77.3 Å². The fourth-order valence-electron chi connectivity index (χ4n) is 4.46. The van der Waals surface area contributed by atoms with Crippen molar-refractivity contribution in [3.63, 3.8) is 0 Å². The molecule has 2 aliphatic rings. The Kier molecular flexibility index (Phi) is 6.51. The van der Waals surface area contributed by atoms with Gasteiger partial charge in [-0.15, -0.1) is 0 Å². The van der Waals surface area contributed by atoms with Crippen molar-refractivity contribution >= 4 is 0 Å². The minimum atomic E-state index is 0.325. The Bertz CT molecular complexity index is 289. The molecule has 2 rings (SSSR count). The summed E-state index contributed by atoms with van der Waals surface area (Å²) in [4.78, 5) is 5.40. The van der Waals surface area contributed by atoms with Crippen molar-refractivity contribution in [1.82, 2.24) is 9.80 Å². The standard InChI is InChI=1S/C18H37N3/c1-4-6-17-7-9-18(15-19,10-8-17)21-13-11-20(12-14-21)16(3)5-2/h16-17H,4-15,19H2,1-3H3. The summed E-state index contributed by atoms with van der Waals surface area (Å²) in [5.74, 6) is 0.969. The average molecular weight is 296 g/mol. The van der Waals surface area contributed by atoms with E-state index in [1.165, 1.54) is 71.1 Å². The lowest BCUT2D eigenvalue weighted by Crippen LogP contribution is -2.62. The van der Waals surface area contributed by atoms with E-state index in [9.17, 15) is 0 Å². The van der Waals surface area contributed by atoms with E-state index in [2.05, 4.69) is 30.6 Å². The van der Waals surface area contributed by atoms with Crippen LogP contribution in [0.4, 0.5) is 0 Å². The Morgan fingerprint density at radius 3 is 2.19 bits per heavy atom. The second kappa shape index (κ2) is 7.94. The maximum absolute atomic E-state index is 6.25. The highest BCUT2D eigenvalue weighted by atomic mass is 15.3. The Morgan fingerprint density at radius 1 is 1.10 bits per heavy atom. The van der Waals surface area contributed by atoms with Gasteiger partial charge in [-0.05, 0) is 44.9 Å². The first-order valence-electron chi connectivity index (χ1n) is 9.34. The van der Waals surface area contributed by atoms with Crippen molar-refractivity contribution in [3.8, 4) is 0 Å². The van der Waals surface area contributed by atoms with E-state index in [-0.39, 0.29) is 0 Å². The predicted octanol–water partition coefficient (Wildman–Crippen LogP) is 3.09. The largest absolute Gasteiger partial charge is 0.329 e. The summed E-state index contributed by atoms with van der Waals surface area (Å²) >= 11 is 0. The van der Waals surface area contributed by atoms with Crippen LogP contribution >= 0.6 is 0 Å². The van der Waals surface area contributed by atoms with Gasteiger partial charge in [-0.1, -0.05) is 26.7 Å². The molecule has 0 aromatic rings. The summed E-state index contributed by atoms with van der Waals surface area (Å²) in [5, 5.41) is 0. The summed E-state index contributed by atoms with van der Waals surface area (Å²) in [5.41, 5.74) is 6.58. The molecule has 0 aromatic heterocycles. The van der Waals surface area contributed by atoms with Crippen LogP contribution in [0.15, 0.2) is 0 Å². The monoisotopic (exact) mass is 295 g/mol. The fourth-order valence-corrected chi connectivity index (χ4v) is 4.46. The normalized spacial score (nSPS) is 34.0. The van der Waals surface area contributed by atoms with Gasteiger partial charge in [-0.2, -0.15) is 0 Å². The van der Waals surface area contributed by atoms with Gasteiger partial charge in [0.05, 0.1) is 0 Å². The second-order valence-electron chi connectivity index (χ2n) is 7.44. The number of hydrogen-bond acceptors (Lipinski definition) is 3. The molecule has 1 saturated carbocycles. The molecule has 1 unspecified atom stereocenters. The Hall–Kier alpha value is -0.120. The first kappa shape index (κ1) is 17.2. The first-order valence-corrected chi connectivity index (χ1v) is 9.34. The van der Waals surface area contributed by atoms with E-state index in [1.807, 2.05) is 0 Å². The number of rotatable bonds is 6. The highest BCUT2D eigenvalue weighted by molar-refractivity contribution is 4.97. The molecule has 1 saturated heterocycles. The molecule has 3 heteroatoms. The number of piperazine rings is 1. The Balaban J connectivity index is 1.88. The average Bonchev–Trinajstić information content (AvgIpc) is 2.55. The third-order valence-corrected chi connectivity index (χ3v) is 6.31. The van der Waals surface area contributed by atoms with E-state index >= 15 is 0 Å². The summed E-state index contributed by atoms with van der Waals surface area (Å²) < 4.78 is 0. The van der Waals surface area contributed by atoms with E-state index in [0.29, 0.717) is 5.54 Å². The van der Waals surface area contributed by atoms with Crippen LogP contribution in [0.5, 0.6) is 0 Å². The molecular weight excluding hydrogens is 258 g/mol. The van der Waals surface area contributed by atoms with Crippen LogP contribution in [0.1, 0.15) is 65.7 Å². The van der Waals surface area contributed by atoms with Gasteiger partial charge < -0.3 is 5.73 Å². The zero-order valence-electron chi connectivity index (χ0n) is 14.6. The van der Waals surface area contributed by atoms with Gasteiger partial charge >= 0.3 is 0 Å². The highest BCUT2D eigenvalue weighted by Crippen LogP contribution is 2.38. The molecule has 0 aromatic carbocycles. The second-order valence-corrected chi connectivity index (χ2v) is 7.44. The summed E-state index contributed by atoms with van der Waals surface area (Å²) in [6, 6.07) is 0.737. The molecule has 1 aliphatic carbocycles. The van der Waals surface area contributed by atoms with Crippen molar-refractivity contribution in [2.24, 2.45) is 11.7 Å². The predicted molar refractivity (Wildman–Crippen MR) is 91.6 cm³/mol. The highest BCUT2D eigenvalue weighted by Gasteiger charge is 2.40. The molecule has 124 valence electrons. The minimum absolute atomic E-state index is 0.325. The SMILES string of the molecule is CCCC1CCC(CN)(N2CCN(C(C)CC)CC2)CC1. The van der Waals surface area contributed by atoms with Crippen LogP contribution in [-0.2, 0) is 0 Å². The van der Waals surface area contributed by atoms with Crippen molar-refractivity contribution < 1.29 is 0 Å². The van der Waals surface area contributed by atoms with Gasteiger partial charge in [-0.3, -0.25) is 9.80 Å². The maximum atomic E-state index is 6.25. The summed E-state index contributed by atoms with van der Waals surface area (Å²) in [6.45, 7) is 12.7. The van der Waals surface area contributed by atoms with Crippen LogP contribution in [0.2, 0.25) is 0 Å². The number of hydrogen-bond donors (Lipinski definition) is 1. The molecule has 1 aliphatic heterocycles. The number of nitrogens with two attached hydrogens (primary N) is 1. The van der Waals surface area contributed by atoms with Gasteiger partial charge in [0.15, 0.2) is 0 Å². The smallest absolute Gasteiger partial charge is 0.0333 e. The zero-order chi connectivity index (χ0) is 15.3. The molecule has 0 radical (unpaired) electrons. The van der Waals surface area contributed by atoms with Crippen molar-refractivity contribution in [3.05, 3.63) is 0 Å². The zero-order valence-corrected chi connectivity index (χ0v) is 14.6. The lowest BCUT2D eigenvalue weighted by atomic mass is 9.74. The Labute approximate surface area is 132 Å². The van der Waals surface area contributed by atoms with Crippen LogP contribution in [0, 0.1) is 5.92 Å². The van der Waals surface area contributed by atoms with Crippen LogP contribution in [0.25, 0.3) is 0 Å². The fraction of sp³-hybridized carbons (Fsp3) is 1.00. The third-order valence-electron chi connectivity index (χ3n) is 6.31. The summed E-state index contributed by atoms with van der Waals surface area (Å²) in [6.07, 6.45) is 9.49. The van der Waals surface area contributed by atoms with Gasteiger partial charge in [0, 0.05) is 44.3 Å². The molecule has 0 amide bonds. The minimum Gasteiger partial charge on any atom is -0.329 e. The molecule has 21 heavy (non-hydrogen) atoms. The van der Waals surface area contributed by atoms with Crippen LogP contribution in [-0.4, -0.2) is 54.1 Å². The molecule has 0 spiro atoms. The van der Waals surface area contributed by atoms with Crippen LogP contribution in [0.3, 0.4) is 0 Å². The topological polar surface area (TPSA) is 32.5 Å². The molecule has 1 atom stereocenters. The third kappa shape index (κ3) is 4.00. The molecular formula is C18H37N3. The molecule has 3 nitrogen and oxygen atoms in total. The quantitative estimate of drug-likeness (QED) is 0.817. The molecule has 2 N–H and O–H groups in total. The van der Waals surface area contributed by atoms with Crippen molar-refractivity contribution in [2.75, 3.05) is 32.7 Å². The van der Waals surface area contributed by atoms with E-state index in [1.54, 1.807) is 0 Å². The van der Waals surface area contributed by atoms with Gasteiger partial charge in [0.25, 0.3) is 0 Å². The van der Waals surface area contributed by atoms with E-state index in [0.717, 1.165) is 18.5 Å². The maximum Gasteiger partial charge on any atom is 0.0333 e. The van der Waals surface area contributed by atoms with Gasteiger partial charge in [0.1, 0.15) is 0 Å². The van der Waals surface area contributed by atoms with Gasteiger partial charge in [0.2, 0.25) is 0 Å². The van der Waals surface area contributed by atoms with Gasteiger partial charge in [-0.25, -0.2) is 0 Å². The van der Waals surface area contributed by atoms with E-state index in [4.69, 9.17) is 5.73 Å². The lowest BCUT2D eigenvalue weighted by Gasteiger charge is -2.51. The lowest BCUT2D eigenvalue weighted by molar-refractivity contribution is -0.00596. The molecule has 0 bridgehead atoms. The molecule has 1 heterocycles. The van der Waals surface area contributed by atoms with Crippen LogP contribution < -0.4 is 5.73 Å².